The van der Waals surface area contributed by atoms with E-state index in [4.69, 9.17) is 0 Å². The lowest BCUT2D eigenvalue weighted by atomic mass is 10.2. The number of benzene rings is 1. The predicted molar refractivity (Wildman–Crippen MR) is 84.9 cm³/mol. The van der Waals surface area contributed by atoms with E-state index in [2.05, 4.69) is 5.32 Å². The quantitative estimate of drug-likeness (QED) is 0.939. The van der Waals surface area contributed by atoms with Gasteiger partial charge >= 0.3 is 0 Å². The molecule has 1 fully saturated rings. The summed E-state index contributed by atoms with van der Waals surface area (Å²) < 4.78 is 0. The molecule has 0 unspecified atom stereocenters. The van der Waals surface area contributed by atoms with E-state index < -0.39 is 0 Å². The molecule has 1 aliphatic rings. The number of nitrogens with zero attached hydrogens (tertiary/aromatic N) is 1. The van der Waals surface area contributed by atoms with Crippen LogP contribution in [0.1, 0.15) is 29.4 Å². The number of nitrogens with one attached hydrogen (secondary N) is 1. The standard InChI is InChI=1S/C16H16N2O2S/c1-11(19)18(14-8-9-14)13-6-4-12(5-7-13)17-16(20)15-3-2-10-21-15/h2-7,10,14H,8-9H2,1H3,(H,17,20). The van der Waals surface area contributed by atoms with Crippen molar-refractivity contribution in [2.45, 2.75) is 25.8 Å². The number of thiophene rings is 1. The highest BCUT2D eigenvalue weighted by Gasteiger charge is 2.31. The van der Waals surface area contributed by atoms with Crippen LogP contribution in [0.2, 0.25) is 0 Å². The SMILES string of the molecule is CC(=O)N(c1ccc(NC(=O)c2cccs2)cc1)C1CC1. The maximum absolute atomic E-state index is 12.0. The Bertz CT molecular complexity index is 645. The summed E-state index contributed by atoms with van der Waals surface area (Å²) in [5.41, 5.74) is 1.62. The van der Waals surface area contributed by atoms with Crippen molar-refractivity contribution >= 4 is 34.5 Å². The molecule has 1 heterocycles. The van der Waals surface area contributed by atoms with Crippen molar-refractivity contribution in [1.82, 2.24) is 0 Å². The van der Waals surface area contributed by atoms with Gasteiger partial charge in [-0.2, -0.15) is 0 Å². The number of carbonyl (C=O) groups excluding carboxylic acids is 2. The largest absolute Gasteiger partial charge is 0.321 e. The van der Waals surface area contributed by atoms with E-state index in [-0.39, 0.29) is 11.8 Å². The predicted octanol–water partition coefficient (Wildman–Crippen LogP) is 3.52. The molecule has 3 rings (SSSR count). The van der Waals surface area contributed by atoms with Crippen LogP contribution in [0.25, 0.3) is 0 Å². The Morgan fingerprint density at radius 1 is 1.19 bits per heavy atom. The molecule has 1 saturated carbocycles. The molecule has 2 amide bonds. The maximum Gasteiger partial charge on any atom is 0.265 e. The monoisotopic (exact) mass is 300 g/mol. The topological polar surface area (TPSA) is 49.4 Å². The first kappa shape index (κ1) is 13.8. The third-order valence-corrected chi connectivity index (χ3v) is 4.27. The third-order valence-electron chi connectivity index (χ3n) is 3.40. The fourth-order valence-electron chi connectivity index (χ4n) is 2.29. The van der Waals surface area contributed by atoms with Crippen molar-refractivity contribution < 1.29 is 9.59 Å². The van der Waals surface area contributed by atoms with E-state index in [1.54, 1.807) is 13.0 Å². The lowest BCUT2D eigenvalue weighted by Gasteiger charge is -2.21. The summed E-state index contributed by atoms with van der Waals surface area (Å²) in [4.78, 5) is 26.2. The van der Waals surface area contributed by atoms with Crippen LogP contribution < -0.4 is 10.2 Å². The summed E-state index contributed by atoms with van der Waals surface area (Å²) in [5.74, 6) is -0.0451. The molecule has 1 aliphatic carbocycles. The zero-order valence-corrected chi connectivity index (χ0v) is 12.5. The molecule has 0 bridgehead atoms. The van der Waals surface area contributed by atoms with E-state index in [9.17, 15) is 9.59 Å². The third kappa shape index (κ3) is 3.13. The van der Waals surface area contributed by atoms with E-state index in [0.717, 1.165) is 24.2 Å². The van der Waals surface area contributed by atoms with E-state index in [1.165, 1.54) is 11.3 Å². The minimum absolute atomic E-state index is 0.0628. The molecule has 5 heteroatoms. The summed E-state index contributed by atoms with van der Waals surface area (Å²) >= 11 is 1.41. The number of hydrogen-bond acceptors (Lipinski definition) is 3. The van der Waals surface area contributed by atoms with Gasteiger partial charge in [-0.25, -0.2) is 0 Å². The number of anilines is 2. The summed E-state index contributed by atoms with van der Waals surface area (Å²) in [6.45, 7) is 1.59. The van der Waals surface area contributed by atoms with Gasteiger partial charge in [-0.1, -0.05) is 6.07 Å². The second-order valence-electron chi connectivity index (χ2n) is 5.10. The van der Waals surface area contributed by atoms with E-state index >= 15 is 0 Å². The van der Waals surface area contributed by atoms with Crippen LogP contribution in [0, 0.1) is 0 Å². The van der Waals surface area contributed by atoms with Crippen LogP contribution in [-0.2, 0) is 4.79 Å². The lowest BCUT2D eigenvalue weighted by Crippen LogP contribution is -2.30. The molecule has 0 atom stereocenters. The molecule has 0 saturated heterocycles. The van der Waals surface area contributed by atoms with Crippen molar-refractivity contribution in [2.24, 2.45) is 0 Å². The van der Waals surface area contributed by atoms with Gasteiger partial charge in [0.2, 0.25) is 5.91 Å². The number of rotatable bonds is 4. The van der Waals surface area contributed by atoms with Gasteiger partial charge in [0.1, 0.15) is 0 Å². The summed E-state index contributed by atoms with van der Waals surface area (Å²) in [7, 11) is 0. The Kier molecular flexibility index (Phi) is 3.75. The molecule has 0 radical (unpaired) electrons. The summed E-state index contributed by atoms with van der Waals surface area (Å²) in [6, 6.07) is 11.4. The van der Waals surface area contributed by atoms with Crippen LogP contribution in [0.15, 0.2) is 41.8 Å². The van der Waals surface area contributed by atoms with Gasteiger partial charge in [0.15, 0.2) is 0 Å². The highest BCUT2D eigenvalue weighted by molar-refractivity contribution is 7.12. The fourth-order valence-corrected chi connectivity index (χ4v) is 2.91. The summed E-state index contributed by atoms with van der Waals surface area (Å²) in [5, 5.41) is 4.73. The van der Waals surface area contributed by atoms with Gasteiger partial charge in [-0.15, -0.1) is 11.3 Å². The van der Waals surface area contributed by atoms with Crippen LogP contribution in [0.5, 0.6) is 0 Å². The van der Waals surface area contributed by atoms with Gasteiger partial charge in [-0.05, 0) is 48.6 Å². The number of carbonyl (C=O) groups is 2. The zero-order chi connectivity index (χ0) is 14.8. The average molecular weight is 300 g/mol. The number of amides is 2. The van der Waals surface area contributed by atoms with Crippen molar-refractivity contribution in [3.63, 3.8) is 0 Å². The van der Waals surface area contributed by atoms with Gasteiger partial charge in [0.25, 0.3) is 5.91 Å². The fraction of sp³-hybridized carbons (Fsp3) is 0.250. The molecular formula is C16H16N2O2S. The number of hydrogen-bond donors (Lipinski definition) is 1. The lowest BCUT2D eigenvalue weighted by molar-refractivity contribution is -0.116. The van der Waals surface area contributed by atoms with E-state index in [0.29, 0.717) is 10.9 Å². The second kappa shape index (κ2) is 5.69. The van der Waals surface area contributed by atoms with Gasteiger partial charge in [0, 0.05) is 24.3 Å². The smallest absolute Gasteiger partial charge is 0.265 e. The van der Waals surface area contributed by atoms with Crippen molar-refractivity contribution in [3.05, 3.63) is 46.7 Å². The minimum Gasteiger partial charge on any atom is -0.321 e. The Hall–Kier alpha value is -2.14. The molecule has 1 aromatic carbocycles. The molecule has 21 heavy (non-hydrogen) atoms. The van der Waals surface area contributed by atoms with Crippen LogP contribution in [-0.4, -0.2) is 17.9 Å². The zero-order valence-electron chi connectivity index (χ0n) is 11.7. The molecular weight excluding hydrogens is 284 g/mol. The molecule has 4 nitrogen and oxygen atoms in total. The molecule has 1 aromatic heterocycles. The van der Waals surface area contributed by atoms with Gasteiger partial charge in [-0.3, -0.25) is 9.59 Å². The maximum atomic E-state index is 12.0. The van der Waals surface area contributed by atoms with Crippen molar-refractivity contribution in [2.75, 3.05) is 10.2 Å². The Morgan fingerprint density at radius 2 is 1.90 bits per heavy atom. The first-order valence-electron chi connectivity index (χ1n) is 6.90. The first-order chi connectivity index (χ1) is 10.1. The van der Waals surface area contributed by atoms with Crippen molar-refractivity contribution in [3.8, 4) is 0 Å². The van der Waals surface area contributed by atoms with E-state index in [1.807, 2.05) is 40.6 Å². The normalized spacial score (nSPS) is 13.8. The van der Waals surface area contributed by atoms with Crippen LogP contribution in [0.3, 0.4) is 0 Å². The van der Waals surface area contributed by atoms with Crippen LogP contribution >= 0.6 is 11.3 Å². The molecule has 0 spiro atoms. The molecule has 108 valence electrons. The second-order valence-corrected chi connectivity index (χ2v) is 6.05. The van der Waals surface area contributed by atoms with Gasteiger partial charge < -0.3 is 10.2 Å². The van der Waals surface area contributed by atoms with Gasteiger partial charge in [0.05, 0.1) is 4.88 Å². The average Bonchev–Trinajstić information content (AvgIpc) is 3.13. The molecule has 2 aromatic rings. The highest BCUT2D eigenvalue weighted by Crippen LogP contribution is 2.32. The Morgan fingerprint density at radius 3 is 2.43 bits per heavy atom. The summed E-state index contributed by atoms with van der Waals surface area (Å²) in [6.07, 6.45) is 2.13. The highest BCUT2D eigenvalue weighted by atomic mass is 32.1. The van der Waals surface area contributed by atoms with Crippen LogP contribution in [0.4, 0.5) is 11.4 Å². The Balaban J connectivity index is 1.72. The first-order valence-corrected chi connectivity index (χ1v) is 7.78. The van der Waals surface area contributed by atoms with Crippen molar-refractivity contribution in [1.29, 1.82) is 0 Å². The minimum atomic E-state index is -0.108. The Labute approximate surface area is 127 Å². The molecule has 1 N–H and O–H groups in total. The molecule has 0 aliphatic heterocycles.